The Bertz CT molecular complexity index is 582. The second-order valence-corrected chi connectivity index (χ2v) is 5.92. The van der Waals surface area contributed by atoms with Crippen LogP contribution in [0.1, 0.15) is 44.2 Å². The van der Waals surface area contributed by atoms with Crippen LogP contribution in [-0.4, -0.2) is 34.4 Å². The van der Waals surface area contributed by atoms with Crippen molar-refractivity contribution in [2.45, 2.75) is 45.3 Å². The molecule has 0 saturated carbocycles. The lowest BCUT2D eigenvalue weighted by atomic mass is 10.0. The lowest BCUT2D eigenvalue weighted by molar-refractivity contribution is -0.141. The molecule has 1 atom stereocenters. The molecule has 0 spiro atoms. The van der Waals surface area contributed by atoms with E-state index in [1.807, 2.05) is 37.3 Å². The number of benzene rings is 1. The number of hydrogen-bond donors (Lipinski definition) is 4. The monoisotopic (exact) mass is 350 g/mol. The number of hydrogen-bond acceptors (Lipinski definition) is 5. The molecule has 0 aromatic heterocycles. The van der Waals surface area contributed by atoms with E-state index in [9.17, 15) is 14.7 Å². The van der Waals surface area contributed by atoms with Crippen molar-refractivity contribution in [2.24, 2.45) is 0 Å². The van der Waals surface area contributed by atoms with Crippen molar-refractivity contribution in [3.63, 3.8) is 0 Å². The molecule has 138 valence electrons. The van der Waals surface area contributed by atoms with E-state index >= 15 is 0 Å². The summed E-state index contributed by atoms with van der Waals surface area (Å²) in [4.78, 5) is 26.5. The smallest absolute Gasteiger partial charge is 0.303 e. The zero-order chi connectivity index (χ0) is 18.7. The number of carbonyl (C=O) groups excluding carboxylic acids is 1. The summed E-state index contributed by atoms with van der Waals surface area (Å²) >= 11 is 0. The summed E-state index contributed by atoms with van der Waals surface area (Å²) in [5, 5.41) is 21.4. The molecular formula is C18H26N2O5. The molecule has 0 aliphatic carbocycles. The van der Waals surface area contributed by atoms with Crippen LogP contribution in [0.4, 0.5) is 0 Å². The van der Waals surface area contributed by atoms with Crippen LogP contribution in [0.2, 0.25) is 0 Å². The summed E-state index contributed by atoms with van der Waals surface area (Å²) in [6.07, 6.45) is 3.97. The number of carboxylic acids is 1. The Labute approximate surface area is 147 Å². The first-order valence-electron chi connectivity index (χ1n) is 8.16. The standard InChI is InChI=1S/C18H26N2O5/c1-3-18(2,24)11-10-14-4-6-15(7-5-14)12-19-13-25-20-16(21)8-9-17(22)23/h4-7,10-11,19,24H,3,8-9,12-13H2,1-2H3,(H,20,21)(H,22,23)/b11-10+/t18-/m1/s1. The van der Waals surface area contributed by atoms with Crippen LogP contribution < -0.4 is 10.8 Å². The Morgan fingerprint density at radius 3 is 2.52 bits per heavy atom. The quantitative estimate of drug-likeness (QED) is 0.275. The van der Waals surface area contributed by atoms with Gasteiger partial charge in [0.1, 0.15) is 6.73 Å². The third kappa shape index (κ3) is 9.61. The first kappa shape index (κ1) is 20.8. The Kier molecular flexibility index (Phi) is 8.83. The van der Waals surface area contributed by atoms with Gasteiger partial charge in [-0.15, -0.1) is 0 Å². The molecule has 0 bridgehead atoms. The second-order valence-electron chi connectivity index (χ2n) is 5.92. The van der Waals surface area contributed by atoms with Crippen molar-refractivity contribution >= 4 is 18.0 Å². The van der Waals surface area contributed by atoms with Crippen LogP contribution in [0.25, 0.3) is 6.08 Å². The van der Waals surface area contributed by atoms with E-state index < -0.39 is 17.5 Å². The molecule has 1 aromatic carbocycles. The number of nitrogens with one attached hydrogen (secondary N) is 2. The highest BCUT2D eigenvalue weighted by molar-refractivity contribution is 5.79. The summed E-state index contributed by atoms with van der Waals surface area (Å²) < 4.78 is 0. The summed E-state index contributed by atoms with van der Waals surface area (Å²) in [6.45, 7) is 4.36. The maximum Gasteiger partial charge on any atom is 0.303 e. The Hall–Kier alpha value is -2.22. The number of carboxylic acid groups (broad SMARTS) is 1. The zero-order valence-electron chi connectivity index (χ0n) is 14.6. The summed E-state index contributed by atoms with van der Waals surface area (Å²) in [5.74, 6) is -1.49. The van der Waals surface area contributed by atoms with Crippen molar-refractivity contribution in [2.75, 3.05) is 6.73 Å². The van der Waals surface area contributed by atoms with Gasteiger partial charge in [-0.25, -0.2) is 5.48 Å². The molecule has 25 heavy (non-hydrogen) atoms. The van der Waals surface area contributed by atoms with Gasteiger partial charge in [0.15, 0.2) is 0 Å². The fraction of sp³-hybridized carbons (Fsp3) is 0.444. The topological polar surface area (TPSA) is 108 Å². The molecule has 7 nitrogen and oxygen atoms in total. The van der Waals surface area contributed by atoms with E-state index in [0.717, 1.165) is 11.1 Å². The molecule has 1 aromatic rings. The predicted octanol–water partition coefficient (Wildman–Crippen LogP) is 1.82. The lowest BCUT2D eigenvalue weighted by Gasteiger charge is -2.15. The van der Waals surface area contributed by atoms with Crippen molar-refractivity contribution in [1.29, 1.82) is 0 Å². The molecule has 0 unspecified atom stereocenters. The molecular weight excluding hydrogens is 324 g/mol. The highest BCUT2D eigenvalue weighted by Gasteiger charge is 2.11. The van der Waals surface area contributed by atoms with Crippen LogP contribution >= 0.6 is 0 Å². The van der Waals surface area contributed by atoms with Crippen LogP contribution in [-0.2, 0) is 21.0 Å². The Balaban J connectivity index is 2.26. The van der Waals surface area contributed by atoms with Crippen LogP contribution in [0.3, 0.4) is 0 Å². The third-order valence-corrected chi connectivity index (χ3v) is 3.59. The normalized spacial score (nSPS) is 13.6. The van der Waals surface area contributed by atoms with Gasteiger partial charge in [0.25, 0.3) is 0 Å². The van der Waals surface area contributed by atoms with E-state index in [4.69, 9.17) is 9.94 Å². The average Bonchev–Trinajstić information content (AvgIpc) is 2.59. The molecule has 0 heterocycles. The van der Waals surface area contributed by atoms with Gasteiger partial charge in [0.2, 0.25) is 5.91 Å². The van der Waals surface area contributed by atoms with E-state index in [1.165, 1.54) is 0 Å². The van der Waals surface area contributed by atoms with E-state index in [0.29, 0.717) is 13.0 Å². The lowest BCUT2D eigenvalue weighted by Crippen LogP contribution is -2.29. The van der Waals surface area contributed by atoms with Crippen LogP contribution in [0.15, 0.2) is 30.3 Å². The van der Waals surface area contributed by atoms with Gasteiger partial charge in [-0.05, 0) is 24.5 Å². The minimum atomic E-state index is -1.02. The molecule has 0 radical (unpaired) electrons. The van der Waals surface area contributed by atoms with Crippen LogP contribution in [0.5, 0.6) is 0 Å². The minimum absolute atomic E-state index is 0.111. The van der Waals surface area contributed by atoms with Crippen molar-refractivity contribution in [1.82, 2.24) is 10.8 Å². The first-order chi connectivity index (χ1) is 11.8. The summed E-state index contributed by atoms with van der Waals surface area (Å²) in [6, 6.07) is 7.82. The fourth-order valence-electron chi connectivity index (χ4n) is 1.77. The van der Waals surface area contributed by atoms with Gasteiger partial charge < -0.3 is 10.2 Å². The maximum atomic E-state index is 11.2. The number of amides is 1. The molecule has 0 aliphatic rings. The SMILES string of the molecule is CC[C@@](C)(O)/C=C/c1ccc(CNCONC(=O)CCC(=O)O)cc1. The number of rotatable bonds is 11. The van der Waals surface area contributed by atoms with Crippen LogP contribution in [0, 0.1) is 0 Å². The fourth-order valence-corrected chi connectivity index (χ4v) is 1.77. The molecule has 4 N–H and O–H groups in total. The number of carbonyl (C=O) groups is 2. The maximum absolute atomic E-state index is 11.2. The Morgan fingerprint density at radius 2 is 1.92 bits per heavy atom. The molecule has 0 fully saturated rings. The summed E-state index contributed by atoms with van der Waals surface area (Å²) in [5.41, 5.74) is 3.41. The van der Waals surface area contributed by atoms with Crippen molar-refractivity contribution in [3.8, 4) is 0 Å². The van der Waals surface area contributed by atoms with Crippen molar-refractivity contribution < 1.29 is 24.6 Å². The Morgan fingerprint density at radius 1 is 1.24 bits per heavy atom. The van der Waals surface area contributed by atoms with Gasteiger partial charge >= 0.3 is 5.97 Å². The largest absolute Gasteiger partial charge is 0.481 e. The van der Waals surface area contributed by atoms with Crippen molar-refractivity contribution in [3.05, 3.63) is 41.5 Å². The summed E-state index contributed by atoms with van der Waals surface area (Å²) in [7, 11) is 0. The molecule has 0 aliphatic heterocycles. The van der Waals surface area contributed by atoms with Gasteiger partial charge in [-0.3, -0.25) is 19.7 Å². The second kappa shape index (κ2) is 10.6. The molecule has 1 rings (SSSR count). The van der Waals surface area contributed by atoms with E-state index in [1.54, 1.807) is 13.0 Å². The molecule has 7 heteroatoms. The third-order valence-electron chi connectivity index (χ3n) is 3.59. The highest BCUT2D eigenvalue weighted by atomic mass is 16.7. The zero-order valence-corrected chi connectivity index (χ0v) is 14.6. The molecule has 0 saturated heterocycles. The first-order valence-corrected chi connectivity index (χ1v) is 8.16. The van der Waals surface area contributed by atoms with Gasteiger partial charge in [-0.2, -0.15) is 0 Å². The number of hydroxylamine groups is 1. The van der Waals surface area contributed by atoms with E-state index in [2.05, 4.69) is 10.8 Å². The van der Waals surface area contributed by atoms with E-state index in [-0.39, 0.29) is 19.6 Å². The van der Waals surface area contributed by atoms with Gasteiger partial charge in [0, 0.05) is 13.0 Å². The average molecular weight is 350 g/mol. The number of aliphatic carboxylic acids is 1. The van der Waals surface area contributed by atoms with Gasteiger partial charge in [-0.1, -0.05) is 43.3 Å². The number of aliphatic hydroxyl groups is 1. The van der Waals surface area contributed by atoms with Gasteiger partial charge in [0.05, 0.1) is 12.0 Å². The predicted molar refractivity (Wildman–Crippen MR) is 94.2 cm³/mol. The molecule has 1 amide bonds. The highest BCUT2D eigenvalue weighted by Crippen LogP contribution is 2.13. The minimum Gasteiger partial charge on any atom is -0.481 e.